The Balaban J connectivity index is 2.13. The number of methoxy groups -OCH3 is 1. The van der Waals surface area contributed by atoms with Gasteiger partial charge in [0.15, 0.2) is 23.0 Å². The molecule has 0 fully saturated rings. The van der Waals surface area contributed by atoms with Gasteiger partial charge in [-0.25, -0.2) is 0 Å². The van der Waals surface area contributed by atoms with E-state index in [-0.39, 0.29) is 12.5 Å². The van der Waals surface area contributed by atoms with Crippen molar-refractivity contribution < 1.29 is 26.8 Å². The maximum absolute atomic E-state index is 11.8. The molecule has 2 aromatic rings. The normalized spacial score (nSPS) is 13.3. The Morgan fingerprint density at radius 3 is 2.53 bits per heavy atom. The third kappa shape index (κ3) is 4.62. The second-order valence-electron chi connectivity index (χ2n) is 7.03. The summed E-state index contributed by atoms with van der Waals surface area (Å²) in [5.41, 5.74) is 4.52. The number of fused-ring (bicyclic) bond motifs is 1. The summed E-state index contributed by atoms with van der Waals surface area (Å²) in [6, 6.07) is 7.55. The fourth-order valence-electron chi connectivity index (χ4n) is 3.47. The zero-order chi connectivity index (χ0) is 21.9. The first-order valence-corrected chi connectivity index (χ1v) is 11.4. The van der Waals surface area contributed by atoms with Crippen LogP contribution in [0.2, 0.25) is 0 Å². The molecule has 30 heavy (non-hydrogen) atoms. The molecule has 0 aliphatic carbocycles. The van der Waals surface area contributed by atoms with Crippen molar-refractivity contribution in [3.63, 3.8) is 0 Å². The summed E-state index contributed by atoms with van der Waals surface area (Å²) >= 11 is 0. The van der Waals surface area contributed by atoms with Crippen molar-refractivity contribution in [1.82, 2.24) is 0 Å². The van der Waals surface area contributed by atoms with E-state index < -0.39 is 10.1 Å². The minimum absolute atomic E-state index is 0.121. The molecule has 0 saturated carbocycles. The Hall–Kier alpha value is -2.93. The molecule has 0 spiro atoms. The van der Waals surface area contributed by atoms with Gasteiger partial charge in [0, 0.05) is 5.56 Å². The number of ether oxygens (including phenoxy) is 3. The van der Waals surface area contributed by atoms with Crippen LogP contribution in [0.3, 0.4) is 0 Å². The van der Waals surface area contributed by atoms with Crippen molar-refractivity contribution in [2.24, 2.45) is 0 Å². The minimum atomic E-state index is -3.74. The largest absolute Gasteiger partial charge is 0.493 e. The van der Waals surface area contributed by atoms with Crippen molar-refractivity contribution in [2.75, 3.05) is 20.2 Å². The monoisotopic (exact) mass is 430 g/mol. The quantitative estimate of drug-likeness (QED) is 0.437. The summed E-state index contributed by atoms with van der Waals surface area (Å²) in [5, 5.41) is 0. The maximum atomic E-state index is 11.8. The summed E-state index contributed by atoms with van der Waals surface area (Å²) in [6.07, 6.45) is 6.43. The zero-order valence-electron chi connectivity index (χ0n) is 17.7. The van der Waals surface area contributed by atoms with Crippen LogP contribution >= 0.6 is 0 Å². The molecule has 160 valence electrons. The van der Waals surface area contributed by atoms with Gasteiger partial charge in [-0.1, -0.05) is 38.1 Å². The van der Waals surface area contributed by atoms with Gasteiger partial charge in [-0.15, -0.1) is 0 Å². The van der Waals surface area contributed by atoms with Gasteiger partial charge in [-0.05, 0) is 53.8 Å². The fourth-order valence-corrected chi connectivity index (χ4v) is 3.94. The molecule has 3 rings (SSSR count). The molecule has 0 radical (unpaired) electrons. The molecule has 0 atom stereocenters. The van der Waals surface area contributed by atoms with Crippen molar-refractivity contribution in [1.29, 1.82) is 0 Å². The van der Waals surface area contributed by atoms with E-state index in [4.69, 9.17) is 18.4 Å². The van der Waals surface area contributed by atoms with Gasteiger partial charge >= 0.3 is 10.1 Å². The maximum Gasteiger partial charge on any atom is 0.306 e. The highest BCUT2D eigenvalue weighted by molar-refractivity contribution is 7.86. The SMILES string of the molecule is C=Cc1c(/C=C(\C)c2cc3c(cc2CCC)OCO3)ccc(OC)c1OS(C)(=O)=O. The molecule has 7 heteroatoms. The third-order valence-electron chi connectivity index (χ3n) is 4.77. The number of aryl methyl sites for hydroxylation is 1. The van der Waals surface area contributed by atoms with Gasteiger partial charge in [-0.3, -0.25) is 0 Å². The molecule has 1 heterocycles. The van der Waals surface area contributed by atoms with E-state index in [2.05, 4.69) is 13.5 Å². The number of benzene rings is 2. The van der Waals surface area contributed by atoms with E-state index in [0.717, 1.165) is 52.9 Å². The number of hydrogen-bond acceptors (Lipinski definition) is 6. The number of allylic oxidation sites excluding steroid dienone is 1. The average molecular weight is 431 g/mol. The van der Waals surface area contributed by atoms with Crippen LogP contribution in [-0.2, 0) is 16.5 Å². The molecule has 0 aromatic heterocycles. The summed E-state index contributed by atoms with van der Waals surface area (Å²) < 4.78 is 45.1. The van der Waals surface area contributed by atoms with E-state index in [1.807, 2.05) is 31.2 Å². The first-order chi connectivity index (χ1) is 14.3. The Morgan fingerprint density at radius 1 is 1.23 bits per heavy atom. The van der Waals surface area contributed by atoms with Crippen LogP contribution in [0.4, 0.5) is 0 Å². The molecule has 6 nitrogen and oxygen atoms in total. The topological polar surface area (TPSA) is 71.1 Å². The molecule has 2 aromatic carbocycles. The molecular weight excluding hydrogens is 404 g/mol. The second kappa shape index (κ2) is 8.83. The van der Waals surface area contributed by atoms with Crippen molar-refractivity contribution in [3.8, 4) is 23.0 Å². The lowest BCUT2D eigenvalue weighted by molar-refractivity contribution is 0.174. The Bertz CT molecular complexity index is 1100. The molecule has 0 saturated heterocycles. The predicted octanol–water partition coefficient (Wildman–Crippen LogP) is 4.92. The lowest BCUT2D eigenvalue weighted by atomic mass is 9.94. The zero-order valence-corrected chi connectivity index (χ0v) is 18.5. The van der Waals surface area contributed by atoms with Crippen LogP contribution in [0.15, 0.2) is 30.8 Å². The Morgan fingerprint density at radius 2 is 1.93 bits per heavy atom. The van der Waals surface area contributed by atoms with E-state index in [9.17, 15) is 8.42 Å². The molecule has 0 N–H and O–H groups in total. The van der Waals surface area contributed by atoms with Crippen LogP contribution in [0.25, 0.3) is 17.7 Å². The minimum Gasteiger partial charge on any atom is -0.493 e. The van der Waals surface area contributed by atoms with Gasteiger partial charge in [0.1, 0.15) is 0 Å². The first kappa shape index (κ1) is 21.8. The van der Waals surface area contributed by atoms with Gasteiger partial charge in [0.05, 0.1) is 13.4 Å². The van der Waals surface area contributed by atoms with Crippen molar-refractivity contribution in [3.05, 3.63) is 53.1 Å². The molecular formula is C23H26O6S. The highest BCUT2D eigenvalue weighted by Crippen LogP contribution is 2.40. The molecule has 0 amide bonds. The molecule has 1 aliphatic heterocycles. The van der Waals surface area contributed by atoms with Crippen LogP contribution in [-0.4, -0.2) is 28.6 Å². The highest BCUT2D eigenvalue weighted by Gasteiger charge is 2.20. The summed E-state index contributed by atoms with van der Waals surface area (Å²) in [5.74, 6) is 1.92. The van der Waals surface area contributed by atoms with Gasteiger partial charge in [-0.2, -0.15) is 8.42 Å². The van der Waals surface area contributed by atoms with E-state index in [0.29, 0.717) is 11.3 Å². The molecule has 1 aliphatic rings. The Kier molecular flexibility index (Phi) is 6.41. The van der Waals surface area contributed by atoms with Crippen molar-refractivity contribution in [2.45, 2.75) is 26.7 Å². The molecule has 0 bridgehead atoms. The predicted molar refractivity (Wildman–Crippen MR) is 119 cm³/mol. The van der Waals surface area contributed by atoms with Crippen LogP contribution in [0, 0.1) is 0 Å². The fraction of sp³-hybridized carbons (Fsp3) is 0.304. The van der Waals surface area contributed by atoms with Crippen LogP contribution < -0.4 is 18.4 Å². The standard InChI is InChI=1S/C23H26O6S/c1-6-8-16-12-21-22(28-14-27-21)13-19(16)15(3)11-17-9-10-20(26-4)23(18(17)7-2)29-30(5,24)25/h7,9-13H,2,6,8,14H2,1,3-5H3/b15-11+. The van der Waals surface area contributed by atoms with Gasteiger partial charge in [0.25, 0.3) is 0 Å². The Labute approximate surface area is 177 Å². The highest BCUT2D eigenvalue weighted by atomic mass is 32.2. The summed E-state index contributed by atoms with van der Waals surface area (Å²) in [6.45, 7) is 8.19. The lowest BCUT2D eigenvalue weighted by Crippen LogP contribution is -2.08. The number of hydrogen-bond donors (Lipinski definition) is 0. The molecule has 0 unspecified atom stereocenters. The van der Waals surface area contributed by atoms with Gasteiger partial charge in [0.2, 0.25) is 6.79 Å². The third-order valence-corrected chi connectivity index (χ3v) is 5.24. The number of rotatable bonds is 8. The average Bonchev–Trinajstić information content (AvgIpc) is 3.14. The lowest BCUT2D eigenvalue weighted by Gasteiger charge is -2.15. The smallest absolute Gasteiger partial charge is 0.306 e. The van der Waals surface area contributed by atoms with E-state index in [1.54, 1.807) is 12.1 Å². The van der Waals surface area contributed by atoms with E-state index in [1.165, 1.54) is 7.11 Å². The summed E-state index contributed by atoms with van der Waals surface area (Å²) in [7, 11) is -2.28. The first-order valence-electron chi connectivity index (χ1n) is 9.61. The van der Waals surface area contributed by atoms with Crippen LogP contribution in [0.5, 0.6) is 23.0 Å². The van der Waals surface area contributed by atoms with E-state index >= 15 is 0 Å². The van der Waals surface area contributed by atoms with Gasteiger partial charge < -0.3 is 18.4 Å². The van der Waals surface area contributed by atoms with Crippen LogP contribution in [0.1, 0.15) is 42.5 Å². The summed E-state index contributed by atoms with van der Waals surface area (Å²) in [4.78, 5) is 0. The second-order valence-corrected chi connectivity index (χ2v) is 8.61. The van der Waals surface area contributed by atoms with Crippen molar-refractivity contribution >= 4 is 27.8 Å².